The van der Waals surface area contributed by atoms with Crippen molar-refractivity contribution in [2.75, 3.05) is 20.1 Å². The molecule has 32 heavy (non-hydrogen) atoms. The highest BCUT2D eigenvalue weighted by molar-refractivity contribution is 7.13. The quantitative estimate of drug-likeness (QED) is 0.249. The van der Waals surface area contributed by atoms with Gasteiger partial charge in [-0.25, -0.2) is 0 Å². The molecule has 0 N–H and O–H groups in total. The lowest BCUT2D eigenvalue weighted by atomic mass is 9.94. The Balaban J connectivity index is 1.65. The van der Waals surface area contributed by atoms with Gasteiger partial charge >= 0.3 is 6.61 Å². The van der Waals surface area contributed by atoms with Crippen LogP contribution in [0.25, 0.3) is 10.4 Å². The molecule has 0 spiro atoms. The number of alkyl halides is 2. The van der Waals surface area contributed by atoms with Crippen molar-refractivity contribution in [3.8, 4) is 16.2 Å². The highest BCUT2D eigenvalue weighted by Crippen LogP contribution is 2.31. The zero-order valence-corrected chi connectivity index (χ0v) is 19.9. The van der Waals surface area contributed by atoms with E-state index in [0.717, 1.165) is 36.4 Å². The van der Waals surface area contributed by atoms with E-state index in [4.69, 9.17) is 0 Å². The van der Waals surface area contributed by atoms with Gasteiger partial charge in [0, 0.05) is 25.0 Å². The largest absolute Gasteiger partial charge is 0.435 e. The number of thiophene rings is 1. The minimum atomic E-state index is -2.80. The smallest absolute Gasteiger partial charge is 0.387 e. The van der Waals surface area contributed by atoms with Crippen molar-refractivity contribution in [2.24, 2.45) is 4.99 Å². The molecule has 1 aromatic heterocycles. The average Bonchev–Trinajstić information content (AvgIpc) is 3.22. The lowest BCUT2D eigenvalue weighted by Crippen LogP contribution is -2.15. The van der Waals surface area contributed by atoms with E-state index in [-0.39, 0.29) is 5.75 Å². The molecular weight excluding hydrogens is 426 g/mol. The predicted octanol–water partition coefficient (Wildman–Crippen LogP) is 6.75. The van der Waals surface area contributed by atoms with Crippen molar-refractivity contribution < 1.29 is 13.5 Å². The fourth-order valence-corrected chi connectivity index (χ4v) is 4.42. The van der Waals surface area contributed by atoms with Gasteiger partial charge in [-0.15, -0.1) is 11.3 Å². The second-order valence-electron chi connectivity index (χ2n) is 7.95. The standard InChI is InChI=1S/C26H30F2N2OS/c1-5-30(4)17-29-11-10-22-12-19(3)23(13-18(22)2)14-20-15-25(32-16-20)21-6-8-24(9-7-21)31-26(27)28/h6-9,12-13,15-17,26H,5,10-11,14H2,1-4H3. The molecule has 0 radical (unpaired) electrons. The van der Waals surface area contributed by atoms with E-state index in [1.54, 1.807) is 23.5 Å². The number of rotatable bonds is 10. The topological polar surface area (TPSA) is 24.8 Å². The molecule has 3 nitrogen and oxygen atoms in total. The highest BCUT2D eigenvalue weighted by Gasteiger charge is 2.09. The van der Waals surface area contributed by atoms with Crippen molar-refractivity contribution >= 4 is 17.7 Å². The average molecular weight is 457 g/mol. The maximum absolute atomic E-state index is 12.3. The SMILES string of the molecule is CCN(C)C=NCCc1cc(C)c(Cc2csc(-c3ccc(OC(F)F)cc3)c2)cc1C. The van der Waals surface area contributed by atoms with Gasteiger partial charge in [0.25, 0.3) is 0 Å². The van der Waals surface area contributed by atoms with Crippen LogP contribution in [0.5, 0.6) is 5.75 Å². The number of hydrogen-bond donors (Lipinski definition) is 0. The number of hydrogen-bond acceptors (Lipinski definition) is 3. The van der Waals surface area contributed by atoms with Gasteiger partial charge in [-0.2, -0.15) is 8.78 Å². The summed E-state index contributed by atoms with van der Waals surface area (Å²) in [5.41, 5.74) is 7.52. The third kappa shape index (κ3) is 6.63. The number of aliphatic imine (C=N–C) groups is 1. The highest BCUT2D eigenvalue weighted by atomic mass is 32.1. The predicted molar refractivity (Wildman–Crippen MR) is 130 cm³/mol. The first-order valence-corrected chi connectivity index (χ1v) is 11.7. The zero-order valence-electron chi connectivity index (χ0n) is 19.1. The summed E-state index contributed by atoms with van der Waals surface area (Å²) < 4.78 is 29.1. The Bertz CT molecular complexity index is 1040. The molecule has 0 atom stereocenters. The van der Waals surface area contributed by atoms with E-state index < -0.39 is 6.61 Å². The van der Waals surface area contributed by atoms with Crippen LogP contribution >= 0.6 is 11.3 Å². The van der Waals surface area contributed by atoms with E-state index in [1.165, 1.54) is 27.8 Å². The molecule has 2 aromatic carbocycles. The van der Waals surface area contributed by atoms with E-state index in [0.29, 0.717) is 0 Å². The van der Waals surface area contributed by atoms with E-state index in [9.17, 15) is 8.78 Å². The van der Waals surface area contributed by atoms with E-state index >= 15 is 0 Å². The van der Waals surface area contributed by atoms with Crippen molar-refractivity contribution in [3.63, 3.8) is 0 Å². The maximum Gasteiger partial charge on any atom is 0.387 e. The third-order valence-corrected chi connectivity index (χ3v) is 6.52. The zero-order chi connectivity index (χ0) is 23.1. The van der Waals surface area contributed by atoms with Gasteiger partial charge in [0.15, 0.2) is 0 Å². The third-order valence-electron chi connectivity index (χ3n) is 5.49. The molecule has 0 bridgehead atoms. The molecule has 0 aliphatic heterocycles. The second kappa shape index (κ2) is 11.2. The Morgan fingerprint density at radius 1 is 1.06 bits per heavy atom. The fraction of sp³-hybridized carbons (Fsp3) is 0.346. The minimum absolute atomic E-state index is 0.176. The lowest BCUT2D eigenvalue weighted by Gasteiger charge is -2.12. The van der Waals surface area contributed by atoms with Gasteiger partial charge < -0.3 is 9.64 Å². The minimum Gasteiger partial charge on any atom is -0.435 e. The summed E-state index contributed by atoms with van der Waals surface area (Å²) in [4.78, 5) is 7.69. The first kappa shape index (κ1) is 23.9. The lowest BCUT2D eigenvalue weighted by molar-refractivity contribution is -0.0498. The Hall–Kier alpha value is -2.73. The molecule has 0 fully saturated rings. The maximum atomic E-state index is 12.3. The van der Waals surface area contributed by atoms with Crippen molar-refractivity contribution in [1.82, 2.24) is 4.90 Å². The normalized spacial score (nSPS) is 11.5. The van der Waals surface area contributed by atoms with Gasteiger partial charge in [0.2, 0.25) is 0 Å². The Labute approximate surface area is 193 Å². The number of benzene rings is 2. The van der Waals surface area contributed by atoms with Crippen LogP contribution in [0.1, 0.15) is 34.7 Å². The van der Waals surface area contributed by atoms with Crippen LogP contribution in [0.2, 0.25) is 0 Å². The monoisotopic (exact) mass is 456 g/mol. The fourth-order valence-electron chi connectivity index (χ4n) is 3.50. The summed E-state index contributed by atoms with van der Waals surface area (Å²) in [5, 5.41) is 2.17. The van der Waals surface area contributed by atoms with Crippen LogP contribution in [0.4, 0.5) is 8.78 Å². The summed E-state index contributed by atoms with van der Waals surface area (Å²) in [7, 11) is 2.03. The Morgan fingerprint density at radius 3 is 2.44 bits per heavy atom. The summed E-state index contributed by atoms with van der Waals surface area (Å²) in [6.45, 7) is 5.39. The van der Waals surface area contributed by atoms with Crippen LogP contribution < -0.4 is 4.74 Å². The molecule has 3 aromatic rings. The summed E-state index contributed by atoms with van der Waals surface area (Å²) in [6.07, 6.45) is 3.72. The molecule has 0 unspecified atom stereocenters. The van der Waals surface area contributed by atoms with Crippen molar-refractivity contribution in [1.29, 1.82) is 0 Å². The molecule has 170 valence electrons. The molecule has 0 amide bonds. The van der Waals surface area contributed by atoms with Crippen molar-refractivity contribution in [2.45, 2.75) is 40.2 Å². The second-order valence-corrected chi connectivity index (χ2v) is 8.86. The van der Waals surface area contributed by atoms with Crippen LogP contribution in [0.15, 0.2) is 52.8 Å². The van der Waals surface area contributed by atoms with Gasteiger partial charge in [0.05, 0.1) is 6.34 Å². The first-order valence-electron chi connectivity index (χ1n) is 10.8. The number of nitrogens with zero attached hydrogens (tertiary/aromatic N) is 2. The molecule has 0 aliphatic rings. The van der Waals surface area contributed by atoms with Crippen LogP contribution in [-0.2, 0) is 12.8 Å². The van der Waals surface area contributed by atoms with Crippen LogP contribution in [0, 0.1) is 13.8 Å². The van der Waals surface area contributed by atoms with Crippen molar-refractivity contribution in [3.05, 3.63) is 75.7 Å². The Morgan fingerprint density at radius 2 is 1.75 bits per heavy atom. The molecule has 0 saturated carbocycles. The summed E-state index contributed by atoms with van der Waals surface area (Å²) in [6, 6.07) is 13.6. The molecule has 0 aliphatic carbocycles. The van der Waals surface area contributed by atoms with E-state index in [2.05, 4.69) is 59.0 Å². The van der Waals surface area contributed by atoms with Gasteiger partial charge in [-0.3, -0.25) is 4.99 Å². The molecular formula is C26H30F2N2OS. The molecule has 1 heterocycles. The first-order chi connectivity index (χ1) is 15.4. The number of halogens is 2. The van der Waals surface area contributed by atoms with Gasteiger partial charge in [-0.05, 0) is 103 Å². The summed E-state index contributed by atoms with van der Waals surface area (Å²) >= 11 is 1.66. The Kier molecular flexibility index (Phi) is 8.39. The summed E-state index contributed by atoms with van der Waals surface area (Å²) in [5.74, 6) is 0.176. The molecule has 3 rings (SSSR count). The number of aryl methyl sites for hydroxylation is 2. The number of ether oxygens (including phenoxy) is 1. The van der Waals surface area contributed by atoms with Gasteiger partial charge in [-0.1, -0.05) is 12.1 Å². The molecule has 0 saturated heterocycles. The van der Waals surface area contributed by atoms with Crippen LogP contribution in [0.3, 0.4) is 0 Å². The van der Waals surface area contributed by atoms with Crippen LogP contribution in [-0.4, -0.2) is 38.0 Å². The van der Waals surface area contributed by atoms with Gasteiger partial charge in [0.1, 0.15) is 5.75 Å². The van der Waals surface area contributed by atoms with E-state index in [1.807, 2.05) is 25.5 Å². The molecule has 6 heteroatoms.